The minimum Gasteiger partial charge on any atom is -0.365 e. The summed E-state index contributed by atoms with van der Waals surface area (Å²) in [5.41, 5.74) is 0. The number of hydrogen-bond donors (Lipinski definition) is 1. The maximum Gasteiger partial charge on any atom is 0.138 e. The summed E-state index contributed by atoms with van der Waals surface area (Å²) >= 11 is 1.64. The van der Waals surface area contributed by atoms with Gasteiger partial charge in [-0.25, -0.2) is 9.97 Å². The van der Waals surface area contributed by atoms with Crippen LogP contribution >= 0.6 is 11.3 Å². The van der Waals surface area contributed by atoms with Crippen LogP contribution in [-0.4, -0.2) is 30.8 Å². The summed E-state index contributed by atoms with van der Waals surface area (Å²) in [7, 11) is 0. The molecule has 0 saturated heterocycles. The molecule has 0 spiro atoms. The number of nitrogens with one attached hydrogen (secondary N) is 1. The first kappa shape index (κ1) is 13.6. The van der Waals surface area contributed by atoms with Crippen LogP contribution in [0.25, 0.3) is 10.2 Å². The van der Waals surface area contributed by atoms with Gasteiger partial charge in [0.1, 0.15) is 28.6 Å². The Kier molecular flexibility index (Phi) is 3.29. The van der Waals surface area contributed by atoms with Crippen molar-refractivity contribution in [3.63, 3.8) is 0 Å². The van der Waals surface area contributed by atoms with Gasteiger partial charge in [-0.3, -0.25) is 0 Å². The van der Waals surface area contributed by atoms with Gasteiger partial charge in [0.2, 0.25) is 0 Å². The number of hydrogen-bond acceptors (Lipinski definition) is 6. The van der Waals surface area contributed by atoms with Crippen LogP contribution in [0.15, 0.2) is 17.8 Å². The molecule has 0 radical (unpaired) electrons. The van der Waals surface area contributed by atoms with E-state index in [4.69, 9.17) is 0 Å². The van der Waals surface area contributed by atoms with Crippen molar-refractivity contribution in [2.45, 2.75) is 45.2 Å². The van der Waals surface area contributed by atoms with Crippen LogP contribution in [0, 0.1) is 0 Å². The van der Waals surface area contributed by atoms with Gasteiger partial charge in [-0.15, -0.1) is 21.5 Å². The molecule has 6 nitrogen and oxygen atoms in total. The van der Waals surface area contributed by atoms with Crippen LogP contribution < -0.4 is 5.32 Å². The highest BCUT2D eigenvalue weighted by atomic mass is 32.1. The number of nitrogens with zero attached hydrogens (tertiary/aromatic N) is 5. The van der Waals surface area contributed by atoms with Gasteiger partial charge in [0.05, 0.1) is 5.39 Å². The SMILES string of the molecule is CC(C)c1nnc2n1CC(Nc1ncnc3sccc13)CC2. The summed E-state index contributed by atoms with van der Waals surface area (Å²) in [4.78, 5) is 9.75. The van der Waals surface area contributed by atoms with E-state index in [2.05, 4.69) is 55.3 Å². The number of thiophene rings is 1. The Morgan fingerprint density at radius 3 is 3.09 bits per heavy atom. The Hall–Kier alpha value is -2.02. The lowest BCUT2D eigenvalue weighted by Crippen LogP contribution is -2.32. The Labute approximate surface area is 132 Å². The van der Waals surface area contributed by atoms with Crippen molar-refractivity contribution in [2.75, 3.05) is 5.32 Å². The molecule has 1 aliphatic heterocycles. The van der Waals surface area contributed by atoms with Gasteiger partial charge < -0.3 is 9.88 Å². The summed E-state index contributed by atoms with van der Waals surface area (Å²) in [6.07, 6.45) is 3.63. The highest BCUT2D eigenvalue weighted by Crippen LogP contribution is 2.26. The van der Waals surface area contributed by atoms with Crippen molar-refractivity contribution in [3.05, 3.63) is 29.4 Å². The molecule has 7 heteroatoms. The quantitative estimate of drug-likeness (QED) is 0.805. The lowest BCUT2D eigenvalue weighted by molar-refractivity contribution is 0.459. The monoisotopic (exact) mass is 314 g/mol. The van der Waals surface area contributed by atoms with E-state index in [1.165, 1.54) is 0 Å². The predicted molar refractivity (Wildman–Crippen MR) is 87.3 cm³/mol. The molecule has 1 N–H and O–H groups in total. The molecule has 0 amide bonds. The van der Waals surface area contributed by atoms with Crippen LogP contribution in [0.3, 0.4) is 0 Å². The highest BCUT2D eigenvalue weighted by Gasteiger charge is 2.24. The fourth-order valence-corrected chi connectivity index (χ4v) is 3.72. The van der Waals surface area contributed by atoms with E-state index in [9.17, 15) is 0 Å². The summed E-state index contributed by atoms with van der Waals surface area (Å²) < 4.78 is 2.26. The van der Waals surface area contributed by atoms with E-state index >= 15 is 0 Å². The van der Waals surface area contributed by atoms with Crippen LogP contribution in [0.2, 0.25) is 0 Å². The summed E-state index contributed by atoms with van der Waals surface area (Å²) in [6, 6.07) is 2.42. The summed E-state index contributed by atoms with van der Waals surface area (Å²) in [5, 5.41) is 15.4. The lowest BCUT2D eigenvalue weighted by Gasteiger charge is -2.26. The van der Waals surface area contributed by atoms with E-state index in [1.807, 2.05) is 0 Å². The van der Waals surface area contributed by atoms with Gasteiger partial charge in [-0.05, 0) is 17.9 Å². The zero-order valence-corrected chi connectivity index (χ0v) is 13.5. The fourth-order valence-electron chi connectivity index (χ4n) is 2.99. The predicted octanol–water partition coefficient (Wildman–Crippen LogP) is 2.83. The first-order valence-corrected chi connectivity index (χ1v) is 8.47. The summed E-state index contributed by atoms with van der Waals surface area (Å²) in [6.45, 7) is 5.22. The van der Waals surface area contributed by atoms with Crippen LogP contribution in [-0.2, 0) is 13.0 Å². The van der Waals surface area contributed by atoms with Gasteiger partial charge in [0.15, 0.2) is 0 Å². The molecule has 0 fully saturated rings. The molecule has 1 unspecified atom stereocenters. The Bertz CT molecular complexity index is 805. The minimum atomic E-state index is 0.346. The average molecular weight is 314 g/mol. The minimum absolute atomic E-state index is 0.346. The largest absolute Gasteiger partial charge is 0.365 e. The third kappa shape index (κ3) is 2.25. The molecule has 0 saturated carbocycles. The molecular formula is C15H18N6S. The topological polar surface area (TPSA) is 68.5 Å². The average Bonchev–Trinajstić information content (AvgIpc) is 3.13. The fraction of sp³-hybridized carbons (Fsp3) is 0.467. The van der Waals surface area contributed by atoms with Gasteiger partial charge in [-0.1, -0.05) is 13.8 Å². The zero-order chi connectivity index (χ0) is 15.1. The van der Waals surface area contributed by atoms with E-state index in [0.717, 1.165) is 47.1 Å². The van der Waals surface area contributed by atoms with E-state index in [1.54, 1.807) is 17.7 Å². The number of anilines is 1. The number of rotatable bonds is 3. The Morgan fingerprint density at radius 2 is 2.23 bits per heavy atom. The smallest absolute Gasteiger partial charge is 0.138 e. The van der Waals surface area contributed by atoms with Crippen molar-refractivity contribution in [3.8, 4) is 0 Å². The molecule has 1 atom stereocenters. The van der Waals surface area contributed by atoms with Gasteiger partial charge in [-0.2, -0.15) is 0 Å². The second-order valence-corrected chi connectivity index (χ2v) is 6.88. The van der Waals surface area contributed by atoms with Crippen LogP contribution in [0.5, 0.6) is 0 Å². The normalized spacial score (nSPS) is 17.9. The molecule has 3 aromatic rings. The maximum atomic E-state index is 4.42. The third-order valence-corrected chi connectivity index (χ3v) is 4.92. The Morgan fingerprint density at radius 1 is 1.32 bits per heavy atom. The molecule has 0 aromatic carbocycles. The second kappa shape index (κ2) is 5.31. The second-order valence-electron chi connectivity index (χ2n) is 5.98. The van der Waals surface area contributed by atoms with E-state index in [-0.39, 0.29) is 0 Å². The molecule has 0 aliphatic carbocycles. The van der Waals surface area contributed by atoms with Crippen LogP contribution in [0.4, 0.5) is 5.82 Å². The molecule has 1 aliphatic rings. The number of aryl methyl sites for hydroxylation is 1. The first-order valence-electron chi connectivity index (χ1n) is 7.59. The maximum absolute atomic E-state index is 4.42. The lowest BCUT2D eigenvalue weighted by atomic mass is 10.1. The molecule has 3 aromatic heterocycles. The van der Waals surface area contributed by atoms with Crippen molar-refractivity contribution < 1.29 is 0 Å². The third-order valence-electron chi connectivity index (χ3n) is 4.09. The molecule has 22 heavy (non-hydrogen) atoms. The molecular weight excluding hydrogens is 296 g/mol. The standard InChI is InChI=1S/C15H18N6S/c1-9(2)14-20-19-12-4-3-10(7-21(12)14)18-13-11-5-6-22-15(11)17-8-16-13/h5-6,8-10H,3-4,7H2,1-2H3,(H,16,17,18). The zero-order valence-electron chi connectivity index (χ0n) is 12.7. The van der Waals surface area contributed by atoms with E-state index in [0.29, 0.717) is 12.0 Å². The van der Waals surface area contributed by atoms with Crippen molar-refractivity contribution in [2.24, 2.45) is 0 Å². The first-order chi connectivity index (χ1) is 10.7. The van der Waals surface area contributed by atoms with Crippen molar-refractivity contribution >= 4 is 27.4 Å². The van der Waals surface area contributed by atoms with E-state index < -0.39 is 0 Å². The van der Waals surface area contributed by atoms with Gasteiger partial charge in [0, 0.05) is 24.9 Å². The number of aromatic nitrogens is 5. The van der Waals surface area contributed by atoms with Gasteiger partial charge in [0.25, 0.3) is 0 Å². The highest BCUT2D eigenvalue weighted by molar-refractivity contribution is 7.16. The summed E-state index contributed by atoms with van der Waals surface area (Å²) in [5.74, 6) is 3.50. The van der Waals surface area contributed by atoms with Crippen molar-refractivity contribution in [1.29, 1.82) is 0 Å². The van der Waals surface area contributed by atoms with Crippen LogP contribution in [0.1, 0.15) is 37.8 Å². The Balaban J connectivity index is 1.60. The van der Waals surface area contributed by atoms with Crippen molar-refractivity contribution in [1.82, 2.24) is 24.7 Å². The molecule has 4 heterocycles. The molecule has 4 rings (SSSR count). The number of fused-ring (bicyclic) bond motifs is 2. The molecule has 0 bridgehead atoms. The molecule has 114 valence electrons. The van der Waals surface area contributed by atoms with Gasteiger partial charge >= 0.3 is 0 Å².